The van der Waals surface area contributed by atoms with E-state index in [9.17, 15) is 9.59 Å². The molecule has 2 amide bonds. The highest BCUT2D eigenvalue weighted by Crippen LogP contribution is 2.34. The molecule has 43 heavy (non-hydrogen) atoms. The molecule has 1 aromatic heterocycles. The highest BCUT2D eigenvalue weighted by atomic mass is 35.5. The minimum Gasteiger partial charge on any atom is -0.481 e. The number of thiazole rings is 1. The highest BCUT2D eigenvalue weighted by Gasteiger charge is 2.13. The van der Waals surface area contributed by atoms with Crippen molar-refractivity contribution in [2.24, 2.45) is 5.10 Å². The summed E-state index contributed by atoms with van der Waals surface area (Å²) in [6.45, 7) is -0.307. The molecular formula is C31H22Cl3N5O3S. The van der Waals surface area contributed by atoms with E-state index in [4.69, 9.17) is 39.5 Å². The minimum absolute atomic E-state index is 0.152. The molecule has 216 valence electrons. The standard InChI is InChI=1S/C31H22Cl3N5O3S/c32-22-10-12-24(13-11-22)36-28(40)17-42-29-25(33)14-19(15-26(29)34)16-35-39-30(41)21-8-6-20(7-9-21)27-18-43-31(38-27)37-23-4-2-1-3-5-23/h1-16,18H,17H2,(H,36,40)(H,37,38)(H,39,41)/b35-16+. The van der Waals surface area contributed by atoms with Gasteiger partial charge in [0.25, 0.3) is 11.8 Å². The number of ether oxygens (including phenoxy) is 1. The smallest absolute Gasteiger partial charge is 0.271 e. The van der Waals surface area contributed by atoms with Crippen LogP contribution in [0.25, 0.3) is 11.3 Å². The normalized spacial score (nSPS) is 10.9. The lowest BCUT2D eigenvalue weighted by atomic mass is 10.1. The predicted molar refractivity (Wildman–Crippen MR) is 174 cm³/mol. The summed E-state index contributed by atoms with van der Waals surface area (Å²) in [6, 6.07) is 26.6. The van der Waals surface area contributed by atoms with E-state index < -0.39 is 11.8 Å². The number of aromatic nitrogens is 1. The van der Waals surface area contributed by atoms with Gasteiger partial charge in [0, 0.05) is 32.9 Å². The van der Waals surface area contributed by atoms with Crippen LogP contribution >= 0.6 is 46.1 Å². The Morgan fingerprint density at radius 1 is 0.884 bits per heavy atom. The van der Waals surface area contributed by atoms with Gasteiger partial charge < -0.3 is 15.4 Å². The maximum absolute atomic E-state index is 12.6. The van der Waals surface area contributed by atoms with Crippen LogP contribution < -0.4 is 20.8 Å². The van der Waals surface area contributed by atoms with Crippen molar-refractivity contribution in [2.75, 3.05) is 17.2 Å². The van der Waals surface area contributed by atoms with Gasteiger partial charge in [0.2, 0.25) is 0 Å². The Labute approximate surface area is 266 Å². The number of para-hydroxylation sites is 1. The third-order valence-electron chi connectivity index (χ3n) is 5.85. The summed E-state index contributed by atoms with van der Waals surface area (Å²) in [7, 11) is 0. The van der Waals surface area contributed by atoms with E-state index in [2.05, 4.69) is 26.1 Å². The van der Waals surface area contributed by atoms with Crippen LogP contribution in [0.5, 0.6) is 5.75 Å². The molecule has 0 saturated carbocycles. The molecule has 3 N–H and O–H groups in total. The minimum atomic E-state index is -0.396. The van der Waals surface area contributed by atoms with Gasteiger partial charge in [-0.2, -0.15) is 5.10 Å². The summed E-state index contributed by atoms with van der Waals surface area (Å²) in [5.74, 6) is -0.637. The number of nitrogens with one attached hydrogen (secondary N) is 3. The number of hydrogen-bond donors (Lipinski definition) is 3. The number of halogens is 3. The first-order valence-corrected chi connectivity index (χ1v) is 14.7. The van der Waals surface area contributed by atoms with E-state index in [1.807, 2.05) is 47.8 Å². The van der Waals surface area contributed by atoms with Crippen LogP contribution in [0.4, 0.5) is 16.5 Å². The molecule has 4 aromatic carbocycles. The summed E-state index contributed by atoms with van der Waals surface area (Å²) in [5.41, 5.74) is 6.65. The lowest BCUT2D eigenvalue weighted by Gasteiger charge is -2.11. The molecule has 0 aliphatic carbocycles. The van der Waals surface area contributed by atoms with Gasteiger partial charge in [-0.25, -0.2) is 10.4 Å². The number of hydrazone groups is 1. The van der Waals surface area contributed by atoms with E-state index in [1.165, 1.54) is 17.6 Å². The number of hydrogen-bond acceptors (Lipinski definition) is 7. The first-order valence-electron chi connectivity index (χ1n) is 12.7. The molecule has 0 radical (unpaired) electrons. The van der Waals surface area contributed by atoms with Crippen LogP contribution in [0.15, 0.2) is 101 Å². The fourth-order valence-corrected chi connectivity index (χ4v) is 5.27. The molecule has 0 aliphatic rings. The molecule has 5 aromatic rings. The summed E-state index contributed by atoms with van der Waals surface area (Å²) in [5, 5.41) is 13.6. The fraction of sp³-hybridized carbons (Fsp3) is 0.0323. The van der Waals surface area contributed by atoms with Crippen molar-refractivity contribution in [1.29, 1.82) is 0 Å². The van der Waals surface area contributed by atoms with Crippen molar-refractivity contribution in [1.82, 2.24) is 10.4 Å². The van der Waals surface area contributed by atoms with Gasteiger partial charge >= 0.3 is 0 Å². The Morgan fingerprint density at radius 3 is 2.28 bits per heavy atom. The Balaban J connectivity index is 1.13. The van der Waals surface area contributed by atoms with Crippen molar-refractivity contribution >= 4 is 80.7 Å². The lowest BCUT2D eigenvalue weighted by molar-refractivity contribution is -0.118. The molecule has 0 aliphatic heterocycles. The second kappa shape index (κ2) is 14.2. The number of rotatable bonds is 10. The molecule has 5 rings (SSSR count). The van der Waals surface area contributed by atoms with Crippen LogP contribution in [0.3, 0.4) is 0 Å². The monoisotopic (exact) mass is 649 g/mol. The molecular weight excluding hydrogens is 629 g/mol. The van der Waals surface area contributed by atoms with Crippen molar-refractivity contribution in [3.8, 4) is 17.0 Å². The van der Waals surface area contributed by atoms with E-state index in [0.29, 0.717) is 21.8 Å². The summed E-state index contributed by atoms with van der Waals surface area (Å²) >= 11 is 20.0. The number of anilines is 3. The number of amides is 2. The SMILES string of the molecule is O=C(COc1c(Cl)cc(/C=N/NC(=O)c2ccc(-c3csc(Nc4ccccc4)n3)cc2)cc1Cl)Nc1ccc(Cl)cc1. The zero-order valence-corrected chi connectivity index (χ0v) is 25.3. The molecule has 0 atom stereocenters. The average Bonchev–Trinajstić information content (AvgIpc) is 3.47. The van der Waals surface area contributed by atoms with Crippen molar-refractivity contribution in [2.45, 2.75) is 0 Å². The topological polar surface area (TPSA) is 105 Å². The van der Waals surface area contributed by atoms with E-state index in [-0.39, 0.29) is 22.4 Å². The van der Waals surface area contributed by atoms with Gasteiger partial charge in [0.15, 0.2) is 17.5 Å². The first kappa shape index (κ1) is 30.1. The van der Waals surface area contributed by atoms with Crippen LogP contribution in [-0.4, -0.2) is 29.6 Å². The maximum atomic E-state index is 12.6. The van der Waals surface area contributed by atoms with Crippen molar-refractivity contribution < 1.29 is 14.3 Å². The highest BCUT2D eigenvalue weighted by molar-refractivity contribution is 7.14. The van der Waals surface area contributed by atoms with Gasteiger partial charge in [-0.3, -0.25) is 9.59 Å². The van der Waals surface area contributed by atoms with Crippen LogP contribution in [0, 0.1) is 0 Å². The third kappa shape index (κ3) is 8.33. The second-order valence-corrected chi connectivity index (χ2v) is 11.1. The third-order valence-corrected chi connectivity index (χ3v) is 7.42. The molecule has 0 bridgehead atoms. The Kier molecular flexibility index (Phi) is 9.91. The molecule has 0 spiro atoms. The quantitative estimate of drug-likeness (QED) is 0.104. The van der Waals surface area contributed by atoms with E-state index >= 15 is 0 Å². The molecule has 0 unspecified atom stereocenters. The largest absolute Gasteiger partial charge is 0.481 e. The van der Waals surface area contributed by atoms with Crippen LogP contribution in [0.2, 0.25) is 15.1 Å². The zero-order valence-electron chi connectivity index (χ0n) is 22.2. The van der Waals surface area contributed by atoms with Crippen LogP contribution in [0.1, 0.15) is 15.9 Å². The molecule has 12 heteroatoms. The van der Waals surface area contributed by atoms with Gasteiger partial charge in [-0.05, 0) is 66.2 Å². The zero-order chi connectivity index (χ0) is 30.2. The van der Waals surface area contributed by atoms with Crippen molar-refractivity contribution in [3.05, 3.63) is 123 Å². The maximum Gasteiger partial charge on any atom is 0.271 e. The summed E-state index contributed by atoms with van der Waals surface area (Å²) in [4.78, 5) is 29.4. The number of benzene rings is 4. The predicted octanol–water partition coefficient (Wildman–Crippen LogP) is 8.30. The average molecular weight is 651 g/mol. The Bertz CT molecular complexity index is 1740. The molecule has 1 heterocycles. The van der Waals surface area contributed by atoms with Gasteiger partial charge in [0.1, 0.15) is 0 Å². The number of carbonyl (C=O) groups excluding carboxylic acids is 2. The second-order valence-electron chi connectivity index (χ2n) is 8.96. The fourth-order valence-electron chi connectivity index (χ4n) is 3.79. The Morgan fingerprint density at radius 2 is 1.58 bits per heavy atom. The van der Waals surface area contributed by atoms with Gasteiger partial charge in [-0.15, -0.1) is 11.3 Å². The van der Waals surface area contributed by atoms with Gasteiger partial charge in [-0.1, -0.05) is 65.1 Å². The lowest BCUT2D eigenvalue weighted by Crippen LogP contribution is -2.20. The number of nitrogens with zero attached hydrogens (tertiary/aromatic N) is 2. The summed E-state index contributed by atoms with van der Waals surface area (Å²) in [6.07, 6.45) is 1.40. The number of carbonyl (C=O) groups is 2. The molecule has 0 saturated heterocycles. The first-order chi connectivity index (χ1) is 20.8. The van der Waals surface area contributed by atoms with E-state index in [0.717, 1.165) is 22.1 Å². The van der Waals surface area contributed by atoms with E-state index in [1.54, 1.807) is 48.5 Å². The molecule has 8 nitrogen and oxygen atoms in total. The van der Waals surface area contributed by atoms with Gasteiger partial charge in [0.05, 0.1) is 22.0 Å². The summed E-state index contributed by atoms with van der Waals surface area (Å²) < 4.78 is 5.53. The Hall–Kier alpha value is -4.41. The van der Waals surface area contributed by atoms with Crippen molar-refractivity contribution in [3.63, 3.8) is 0 Å². The molecule has 0 fully saturated rings. The van der Waals surface area contributed by atoms with Crippen LogP contribution in [-0.2, 0) is 4.79 Å².